The van der Waals surface area contributed by atoms with Crippen LogP contribution in [0.4, 0.5) is 13.2 Å². The molecule has 0 bridgehead atoms. The summed E-state index contributed by atoms with van der Waals surface area (Å²) in [5.74, 6) is 0. The first kappa shape index (κ1) is 15.6. The molecule has 1 nitrogen and oxygen atoms in total. The summed E-state index contributed by atoms with van der Waals surface area (Å²) in [7, 11) is 0. The monoisotopic (exact) mass is 293 g/mol. The Labute approximate surface area is 122 Å². The topological polar surface area (TPSA) is 12.0 Å². The van der Waals surface area contributed by atoms with Crippen molar-refractivity contribution in [3.63, 3.8) is 0 Å². The molecule has 2 rings (SSSR count). The lowest BCUT2D eigenvalue weighted by Gasteiger charge is -2.15. The predicted octanol–water partition coefficient (Wildman–Crippen LogP) is 4.43. The van der Waals surface area contributed by atoms with Gasteiger partial charge >= 0.3 is 6.18 Å². The standard InChI is InChI=1S/C17H18F3N/c1-13(21-12-14-6-3-2-4-7-14)10-15-8-5-9-16(11-15)17(18,19)20/h2-9,11,13,21H,10,12H2,1H3/t13-/m1/s1. The Bertz CT molecular complexity index is 564. The summed E-state index contributed by atoms with van der Waals surface area (Å²) in [6.45, 7) is 2.68. The summed E-state index contributed by atoms with van der Waals surface area (Å²) in [5, 5.41) is 3.32. The van der Waals surface area contributed by atoms with Crippen molar-refractivity contribution in [2.24, 2.45) is 0 Å². The fraction of sp³-hybridized carbons (Fsp3) is 0.294. The van der Waals surface area contributed by atoms with Gasteiger partial charge in [0.05, 0.1) is 5.56 Å². The minimum absolute atomic E-state index is 0.105. The molecule has 2 aromatic carbocycles. The van der Waals surface area contributed by atoms with Gasteiger partial charge in [-0.05, 0) is 30.5 Å². The predicted molar refractivity (Wildman–Crippen MR) is 77.9 cm³/mol. The highest BCUT2D eigenvalue weighted by Crippen LogP contribution is 2.29. The van der Waals surface area contributed by atoms with Crippen LogP contribution in [0.25, 0.3) is 0 Å². The SMILES string of the molecule is C[C@H](Cc1cccc(C(F)(F)F)c1)NCc1ccccc1. The Kier molecular flexibility index (Phi) is 5.02. The van der Waals surface area contributed by atoms with E-state index in [0.29, 0.717) is 18.5 Å². The number of hydrogen-bond acceptors (Lipinski definition) is 1. The number of halogens is 3. The first-order valence-corrected chi connectivity index (χ1v) is 6.88. The van der Waals surface area contributed by atoms with E-state index in [4.69, 9.17) is 0 Å². The zero-order valence-corrected chi connectivity index (χ0v) is 11.8. The van der Waals surface area contributed by atoms with Gasteiger partial charge in [0.25, 0.3) is 0 Å². The molecule has 4 heteroatoms. The molecule has 0 amide bonds. The Hall–Kier alpha value is -1.81. The largest absolute Gasteiger partial charge is 0.416 e. The number of rotatable bonds is 5. The average Bonchev–Trinajstić information content (AvgIpc) is 2.46. The molecular formula is C17H18F3N. The maximum absolute atomic E-state index is 12.7. The van der Waals surface area contributed by atoms with E-state index >= 15 is 0 Å². The highest BCUT2D eigenvalue weighted by atomic mass is 19.4. The van der Waals surface area contributed by atoms with Gasteiger partial charge in [-0.1, -0.05) is 48.5 Å². The van der Waals surface area contributed by atoms with Crippen molar-refractivity contribution in [1.29, 1.82) is 0 Å². The van der Waals surface area contributed by atoms with E-state index < -0.39 is 11.7 Å². The lowest BCUT2D eigenvalue weighted by molar-refractivity contribution is -0.137. The lowest BCUT2D eigenvalue weighted by atomic mass is 10.0. The van der Waals surface area contributed by atoms with Gasteiger partial charge in [0.15, 0.2) is 0 Å². The van der Waals surface area contributed by atoms with Crippen LogP contribution < -0.4 is 5.32 Å². The van der Waals surface area contributed by atoms with E-state index in [1.807, 2.05) is 37.3 Å². The highest BCUT2D eigenvalue weighted by Gasteiger charge is 2.30. The molecule has 112 valence electrons. The number of hydrogen-bond donors (Lipinski definition) is 1. The molecule has 1 N–H and O–H groups in total. The molecule has 0 saturated carbocycles. The van der Waals surface area contributed by atoms with Crippen molar-refractivity contribution in [1.82, 2.24) is 5.32 Å². The van der Waals surface area contributed by atoms with Crippen molar-refractivity contribution in [2.45, 2.75) is 32.1 Å². The highest BCUT2D eigenvalue weighted by molar-refractivity contribution is 5.26. The Morgan fingerprint density at radius 2 is 1.62 bits per heavy atom. The molecule has 21 heavy (non-hydrogen) atoms. The molecule has 0 unspecified atom stereocenters. The van der Waals surface area contributed by atoms with Gasteiger partial charge in [0, 0.05) is 12.6 Å². The molecule has 0 aliphatic heterocycles. The normalized spacial score (nSPS) is 13.1. The molecule has 1 atom stereocenters. The maximum Gasteiger partial charge on any atom is 0.416 e. The van der Waals surface area contributed by atoms with Gasteiger partial charge < -0.3 is 5.32 Å². The van der Waals surface area contributed by atoms with Crippen molar-refractivity contribution in [3.05, 3.63) is 71.3 Å². The van der Waals surface area contributed by atoms with E-state index in [2.05, 4.69) is 5.32 Å². The summed E-state index contributed by atoms with van der Waals surface area (Å²) in [6.07, 6.45) is -3.71. The second-order valence-electron chi connectivity index (χ2n) is 5.17. The van der Waals surface area contributed by atoms with Crippen LogP contribution in [0.3, 0.4) is 0 Å². The van der Waals surface area contributed by atoms with Crippen molar-refractivity contribution in [3.8, 4) is 0 Å². The third kappa shape index (κ3) is 4.90. The Balaban J connectivity index is 1.92. The summed E-state index contributed by atoms with van der Waals surface area (Å²) in [4.78, 5) is 0. The van der Waals surface area contributed by atoms with E-state index in [1.54, 1.807) is 6.07 Å². The minimum atomic E-state index is -4.28. The van der Waals surface area contributed by atoms with Crippen molar-refractivity contribution < 1.29 is 13.2 Å². The molecule has 0 aliphatic carbocycles. The molecule has 0 aromatic heterocycles. The summed E-state index contributed by atoms with van der Waals surface area (Å²) >= 11 is 0. The van der Waals surface area contributed by atoms with Crippen LogP contribution in [-0.4, -0.2) is 6.04 Å². The molecule has 2 aromatic rings. The Morgan fingerprint density at radius 1 is 0.952 bits per heavy atom. The minimum Gasteiger partial charge on any atom is -0.310 e. The van der Waals surface area contributed by atoms with Crippen LogP contribution in [0.2, 0.25) is 0 Å². The maximum atomic E-state index is 12.7. The van der Waals surface area contributed by atoms with Crippen LogP contribution in [0.5, 0.6) is 0 Å². The van der Waals surface area contributed by atoms with Gasteiger partial charge in [-0.25, -0.2) is 0 Å². The van der Waals surface area contributed by atoms with Gasteiger partial charge in [-0.2, -0.15) is 13.2 Å². The smallest absolute Gasteiger partial charge is 0.310 e. The molecule has 0 radical (unpaired) electrons. The van der Waals surface area contributed by atoms with Gasteiger partial charge in [-0.3, -0.25) is 0 Å². The third-order valence-electron chi connectivity index (χ3n) is 3.29. The molecule has 0 fully saturated rings. The average molecular weight is 293 g/mol. The second kappa shape index (κ2) is 6.76. The van der Waals surface area contributed by atoms with Crippen LogP contribution in [-0.2, 0) is 19.1 Å². The molecule has 0 aliphatic rings. The van der Waals surface area contributed by atoms with E-state index in [0.717, 1.165) is 11.6 Å². The summed E-state index contributed by atoms with van der Waals surface area (Å²) < 4.78 is 38.0. The first-order chi connectivity index (χ1) is 9.95. The van der Waals surface area contributed by atoms with Gasteiger partial charge in [0.1, 0.15) is 0 Å². The zero-order chi connectivity index (χ0) is 15.3. The summed E-state index contributed by atoms with van der Waals surface area (Å²) in [6, 6.07) is 15.5. The number of benzene rings is 2. The quantitative estimate of drug-likeness (QED) is 0.860. The Morgan fingerprint density at radius 3 is 2.29 bits per heavy atom. The van der Waals surface area contributed by atoms with Gasteiger partial charge in [0.2, 0.25) is 0 Å². The van der Waals surface area contributed by atoms with E-state index in [9.17, 15) is 13.2 Å². The fourth-order valence-corrected chi connectivity index (χ4v) is 2.19. The number of nitrogens with one attached hydrogen (secondary N) is 1. The molecular weight excluding hydrogens is 275 g/mol. The van der Waals surface area contributed by atoms with Gasteiger partial charge in [-0.15, -0.1) is 0 Å². The fourth-order valence-electron chi connectivity index (χ4n) is 2.19. The summed E-state index contributed by atoms with van der Waals surface area (Å²) in [5.41, 5.74) is 1.27. The second-order valence-corrected chi connectivity index (χ2v) is 5.17. The lowest BCUT2D eigenvalue weighted by Crippen LogP contribution is -2.27. The van der Waals surface area contributed by atoms with Crippen LogP contribution in [0.1, 0.15) is 23.6 Å². The van der Waals surface area contributed by atoms with Crippen molar-refractivity contribution >= 4 is 0 Å². The zero-order valence-electron chi connectivity index (χ0n) is 11.8. The third-order valence-corrected chi connectivity index (χ3v) is 3.29. The van der Waals surface area contributed by atoms with Crippen molar-refractivity contribution in [2.75, 3.05) is 0 Å². The van der Waals surface area contributed by atoms with Crippen LogP contribution in [0, 0.1) is 0 Å². The molecule has 0 saturated heterocycles. The number of alkyl halides is 3. The van der Waals surface area contributed by atoms with E-state index in [1.165, 1.54) is 12.1 Å². The first-order valence-electron chi connectivity index (χ1n) is 6.88. The molecule has 0 heterocycles. The van der Waals surface area contributed by atoms with Crippen LogP contribution >= 0.6 is 0 Å². The van der Waals surface area contributed by atoms with E-state index in [-0.39, 0.29) is 6.04 Å². The molecule has 0 spiro atoms. The van der Waals surface area contributed by atoms with Crippen LogP contribution in [0.15, 0.2) is 54.6 Å².